The molecule has 0 bridgehead atoms. The lowest BCUT2D eigenvalue weighted by Gasteiger charge is -2.27. The van der Waals surface area contributed by atoms with Crippen LogP contribution in [0.25, 0.3) is 0 Å². The number of rotatable bonds is 8. The van der Waals surface area contributed by atoms with E-state index in [2.05, 4.69) is 10.3 Å². The van der Waals surface area contributed by atoms with E-state index in [0.717, 1.165) is 29.8 Å². The Morgan fingerprint density at radius 1 is 1.37 bits per heavy atom. The van der Waals surface area contributed by atoms with Gasteiger partial charge in [-0.2, -0.15) is 0 Å². The quantitative estimate of drug-likeness (QED) is 0.461. The van der Waals surface area contributed by atoms with Gasteiger partial charge in [0.05, 0.1) is 5.69 Å². The van der Waals surface area contributed by atoms with Crippen molar-refractivity contribution in [3.05, 3.63) is 10.6 Å². The molecule has 2 rings (SSSR count). The first-order valence-corrected chi connectivity index (χ1v) is 10.2. The van der Waals surface area contributed by atoms with Crippen LogP contribution in [0.4, 0.5) is 5.13 Å². The van der Waals surface area contributed by atoms with Gasteiger partial charge in [0.15, 0.2) is 5.13 Å². The van der Waals surface area contributed by atoms with Crippen LogP contribution in [0, 0.1) is 19.8 Å². The van der Waals surface area contributed by atoms with Crippen molar-refractivity contribution < 1.29 is 19.6 Å². The van der Waals surface area contributed by atoms with Gasteiger partial charge in [0.25, 0.3) is 0 Å². The standard InChI is InChI=1S/C18H28N4O4S/c1-4-5-7-13(10-15(23)21-26)17(25)22-9-6-8-14(22)16(24)20-18-19-11(2)12(3)27-18/h13-14,26H,4-10H2,1-3H3,(H,21,23)(H,19,20,24). The molecule has 1 fully saturated rings. The van der Waals surface area contributed by atoms with Gasteiger partial charge in [0, 0.05) is 23.8 Å². The summed E-state index contributed by atoms with van der Waals surface area (Å²) in [6.07, 6.45) is 3.51. The molecule has 1 aromatic heterocycles. The van der Waals surface area contributed by atoms with E-state index < -0.39 is 17.9 Å². The molecule has 2 heterocycles. The van der Waals surface area contributed by atoms with Crippen molar-refractivity contribution in [1.29, 1.82) is 0 Å². The smallest absolute Gasteiger partial charge is 0.248 e. The Morgan fingerprint density at radius 3 is 2.70 bits per heavy atom. The molecule has 1 aromatic rings. The zero-order chi connectivity index (χ0) is 20.0. The van der Waals surface area contributed by atoms with Gasteiger partial charge in [-0.3, -0.25) is 19.6 Å². The Labute approximate surface area is 163 Å². The second-order valence-electron chi connectivity index (χ2n) is 6.92. The number of hydrogen-bond donors (Lipinski definition) is 3. The maximum Gasteiger partial charge on any atom is 0.248 e. The van der Waals surface area contributed by atoms with Crippen LogP contribution < -0.4 is 10.8 Å². The summed E-state index contributed by atoms with van der Waals surface area (Å²) in [5.74, 6) is -1.56. The van der Waals surface area contributed by atoms with Gasteiger partial charge in [0.2, 0.25) is 17.7 Å². The highest BCUT2D eigenvalue weighted by atomic mass is 32.1. The van der Waals surface area contributed by atoms with Crippen LogP contribution in [0.2, 0.25) is 0 Å². The Balaban J connectivity index is 2.07. The Morgan fingerprint density at radius 2 is 2.11 bits per heavy atom. The molecular weight excluding hydrogens is 368 g/mol. The second kappa shape index (κ2) is 9.80. The molecule has 1 aliphatic rings. The number of hydroxylamine groups is 1. The van der Waals surface area contributed by atoms with Gasteiger partial charge in [-0.15, -0.1) is 11.3 Å². The fourth-order valence-corrected chi connectivity index (χ4v) is 4.10. The van der Waals surface area contributed by atoms with E-state index in [1.165, 1.54) is 11.3 Å². The number of carbonyl (C=O) groups is 3. The van der Waals surface area contributed by atoms with Crippen LogP contribution in [-0.2, 0) is 14.4 Å². The molecule has 8 nitrogen and oxygen atoms in total. The summed E-state index contributed by atoms with van der Waals surface area (Å²) in [4.78, 5) is 44.2. The predicted octanol–water partition coefficient (Wildman–Crippen LogP) is 2.39. The number of nitrogens with zero attached hydrogens (tertiary/aromatic N) is 2. The number of aryl methyl sites for hydroxylation is 2. The summed E-state index contributed by atoms with van der Waals surface area (Å²) in [5, 5.41) is 12.1. The molecule has 0 saturated carbocycles. The lowest BCUT2D eigenvalue weighted by atomic mass is 9.96. The molecular formula is C18H28N4O4S. The SMILES string of the molecule is CCCCC(CC(=O)NO)C(=O)N1CCCC1C(=O)Nc1nc(C)c(C)s1. The van der Waals surface area contributed by atoms with Crippen molar-refractivity contribution in [2.45, 2.75) is 65.3 Å². The number of aromatic nitrogens is 1. The van der Waals surface area contributed by atoms with E-state index in [4.69, 9.17) is 5.21 Å². The highest BCUT2D eigenvalue weighted by Gasteiger charge is 2.37. The van der Waals surface area contributed by atoms with Crippen LogP contribution in [0.15, 0.2) is 0 Å². The molecule has 1 saturated heterocycles. The minimum Gasteiger partial charge on any atom is -0.330 e. The Hall–Kier alpha value is -2.00. The molecule has 0 radical (unpaired) electrons. The highest BCUT2D eigenvalue weighted by molar-refractivity contribution is 7.15. The minimum atomic E-state index is -0.585. The highest BCUT2D eigenvalue weighted by Crippen LogP contribution is 2.26. The van der Waals surface area contributed by atoms with E-state index in [0.29, 0.717) is 24.5 Å². The maximum absolute atomic E-state index is 13.0. The summed E-state index contributed by atoms with van der Waals surface area (Å²) in [6, 6.07) is -0.552. The van der Waals surface area contributed by atoms with Crippen LogP contribution >= 0.6 is 11.3 Å². The molecule has 2 atom stereocenters. The van der Waals surface area contributed by atoms with E-state index >= 15 is 0 Å². The average molecular weight is 397 g/mol. The van der Waals surface area contributed by atoms with Crippen molar-refractivity contribution >= 4 is 34.2 Å². The number of likely N-dealkylation sites (tertiary alicyclic amines) is 1. The van der Waals surface area contributed by atoms with Gasteiger partial charge >= 0.3 is 0 Å². The normalized spacial score (nSPS) is 17.6. The van der Waals surface area contributed by atoms with Gasteiger partial charge < -0.3 is 10.2 Å². The number of amides is 3. The number of hydrogen-bond acceptors (Lipinski definition) is 6. The maximum atomic E-state index is 13.0. The van der Waals surface area contributed by atoms with E-state index in [9.17, 15) is 14.4 Å². The molecule has 3 N–H and O–H groups in total. The third-order valence-electron chi connectivity index (χ3n) is 4.91. The van der Waals surface area contributed by atoms with E-state index in [-0.39, 0.29) is 18.2 Å². The fourth-order valence-electron chi connectivity index (χ4n) is 3.29. The number of unbranched alkanes of at least 4 members (excludes halogenated alkanes) is 1. The van der Waals surface area contributed by atoms with Crippen LogP contribution in [0.5, 0.6) is 0 Å². The molecule has 2 unspecified atom stereocenters. The molecule has 0 aromatic carbocycles. The summed E-state index contributed by atoms with van der Waals surface area (Å²) < 4.78 is 0. The minimum absolute atomic E-state index is 0.0783. The molecule has 9 heteroatoms. The number of anilines is 1. The third kappa shape index (κ3) is 5.49. The molecule has 3 amide bonds. The number of nitrogens with one attached hydrogen (secondary N) is 2. The summed E-state index contributed by atoms with van der Waals surface area (Å²) >= 11 is 1.41. The average Bonchev–Trinajstić information content (AvgIpc) is 3.24. The second-order valence-corrected chi connectivity index (χ2v) is 8.12. The number of carbonyl (C=O) groups excluding carboxylic acids is 3. The van der Waals surface area contributed by atoms with Crippen molar-refractivity contribution in [2.75, 3.05) is 11.9 Å². The fraction of sp³-hybridized carbons (Fsp3) is 0.667. The summed E-state index contributed by atoms with van der Waals surface area (Å²) in [6.45, 7) is 6.34. The first kappa shape index (κ1) is 21.3. The molecule has 150 valence electrons. The van der Waals surface area contributed by atoms with Crippen molar-refractivity contribution in [2.24, 2.45) is 5.92 Å². The van der Waals surface area contributed by atoms with Gasteiger partial charge in [0.1, 0.15) is 6.04 Å². The topological polar surface area (TPSA) is 112 Å². The monoisotopic (exact) mass is 396 g/mol. The van der Waals surface area contributed by atoms with Crippen LogP contribution in [0.1, 0.15) is 56.0 Å². The third-order valence-corrected chi connectivity index (χ3v) is 5.90. The lowest BCUT2D eigenvalue weighted by Crippen LogP contribution is -2.46. The molecule has 27 heavy (non-hydrogen) atoms. The Bertz CT molecular complexity index is 671. The summed E-state index contributed by atoms with van der Waals surface area (Å²) in [7, 11) is 0. The van der Waals surface area contributed by atoms with Gasteiger partial charge in [-0.25, -0.2) is 10.5 Å². The molecule has 1 aliphatic heterocycles. The van der Waals surface area contributed by atoms with E-state index in [1.807, 2.05) is 20.8 Å². The van der Waals surface area contributed by atoms with E-state index in [1.54, 1.807) is 10.4 Å². The zero-order valence-electron chi connectivity index (χ0n) is 16.1. The summed E-state index contributed by atoms with van der Waals surface area (Å²) in [5.41, 5.74) is 2.47. The van der Waals surface area contributed by atoms with Crippen molar-refractivity contribution in [1.82, 2.24) is 15.4 Å². The molecule has 0 aliphatic carbocycles. The van der Waals surface area contributed by atoms with Gasteiger partial charge in [-0.1, -0.05) is 19.8 Å². The Kier molecular flexibility index (Phi) is 7.73. The van der Waals surface area contributed by atoms with Crippen molar-refractivity contribution in [3.8, 4) is 0 Å². The van der Waals surface area contributed by atoms with Crippen molar-refractivity contribution in [3.63, 3.8) is 0 Å². The first-order chi connectivity index (χ1) is 12.9. The molecule has 0 spiro atoms. The zero-order valence-corrected chi connectivity index (χ0v) is 16.9. The first-order valence-electron chi connectivity index (χ1n) is 9.35. The van der Waals surface area contributed by atoms with Crippen LogP contribution in [-0.4, -0.2) is 45.4 Å². The largest absolute Gasteiger partial charge is 0.330 e. The van der Waals surface area contributed by atoms with Crippen LogP contribution in [0.3, 0.4) is 0 Å². The predicted molar refractivity (Wildman–Crippen MR) is 103 cm³/mol. The lowest BCUT2D eigenvalue weighted by molar-refractivity contribution is -0.143. The van der Waals surface area contributed by atoms with Gasteiger partial charge in [-0.05, 0) is 33.1 Å². The number of thiazole rings is 1.